The van der Waals surface area contributed by atoms with E-state index in [1.807, 2.05) is 0 Å². The molecule has 4 aliphatic carbocycles. The van der Waals surface area contributed by atoms with E-state index < -0.39 is 5.41 Å². The van der Waals surface area contributed by atoms with Crippen LogP contribution in [0.5, 0.6) is 0 Å². The van der Waals surface area contributed by atoms with Crippen LogP contribution in [0.2, 0.25) is 0 Å². The summed E-state index contributed by atoms with van der Waals surface area (Å²) in [5.41, 5.74) is 27.1. The lowest BCUT2D eigenvalue weighted by molar-refractivity contribution is 0.332. The first kappa shape index (κ1) is 40.1. The van der Waals surface area contributed by atoms with Gasteiger partial charge in [0.1, 0.15) is 0 Å². The van der Waals surface area contributed by atoms with Gasteiger partial charge in [-0.15, -0.1) is 0 Å². The summed E-state index contributed by atoms with van der Waals surface area (Å²) in [5, 5.41) is 0. The predicted molar refractivity (Wildman–Crippen MR) is 281 cm³/mol. The second-order valence-corrected chi connectivity index (χ2v) is 21.5. The van der Waals surface area contributed by atoms with Gasteiger partial charge in [0.2, 0.25) is 0 Å². The Morgan fingerprint density at radius 2 is 0.791 bits per heavy atom. The molecule has 0 saturated carbocycles. The molecule has 0 aromatic heterocycles. The van der Waals surface area contributed by atoms with Crippen LogP contribution in [-0.4, -0.2) is 0 Å². The van der Waals surface area contributed by atoms with Crippen LogP contribution in [0, 0.1) is 0 Å². The fraction of sp³-hybridized carbons (Fsp3) is 0.182. The first-order valence-electron chi connectivity index (χ1n) is 24.3. The average Bonchev–Trinajstić information content (AvgIpc) is 3.91. The lowest BCUT2D eigenvalue weighted by Crippen LogP contribution is -2.33. The molecule has 1 spiro atoms. The minimum atomic E-state index is -0.477. The number of fused-ring (bicyclic) bond motifs is 14. The SMILES string of the molecule is CC1(C)CCC(C)(C)c2cc(-c3ccc(-c4cc5c(cc4N(c4ccccc4)c4ccc6c(c4)C(C)(C)c4ccccc4-6)C4(c6ccccc6-c6ccccc64)c4ccccc4-5)cc3)ccc21. The molecular formula is C66H55N. The van der Waals surface area contributed by atoms with Crippen LogP contribution in [0.15, 0.2) is 200 Å². The summed E-state index contributed by atoms with van der Waals surface area (Å²) < 4.78 is 0. The molecule has 0 bridgehead atoms. The maximum atomic E-state index is 2.57. The summed E-state index contributed by atoms with van der Waals surface area (Å²) in [5.74, 6) is 0. The Morgan fingerprint density at radius 1 is 0.299 bits per heavy atom. The number of hydrogen-bond acceptors (Lipinski definition) is 1. The monoisotopic (exact) mass is 861 g/mol. The maximum absolute atomic E-state index is 2.57. The van der Waals surface area contributed by atoms with Crippen LogP contribution in [0.3, 0.4) is 0 Å². The molecule has 0 amide bonds. The molecule has 0 unspecified atom stereocenters. The van der Waals surface area contributed by atoms with Crippen molar-refractivity contribution >= 4 is 17.1 Å². The number of hydrogen-bond donors (Lipinski definition) is 0. The first-order valence-corrected chi connectivity index (χ1v) is 24.3. The second-order valence-electron chi connectivity index (χ2n) is 21.5. The van der Waals surface area contributed by atoms with E-state index in [4.69, 9.17) is 0 Å². The smallest absolute Gasteiger partial charge is 0.0726 e. The first-order chi connectivity index (χ1) is 32.5. The Bertz CT molecular complexity index is 3440. The number of anilines is 3. The molecule has 1 heteroatoms. The van der Waals surface area contributed by atoms with Crippen molar-refractivity contribution in [2.75, 3.05) is 4.90 Å². The van der Waals surface area contributed by atoms with Crippen LogP contribution in [0.25, 0.3) is 55.6 Å². The van der Waals surface area contributed by atoms with Crippen molar-refractivity contribution < 1.29 is 0 Å². The highest BCUT2D eigenvalue weighted by molar-refractivity contribution is 6.00. The van der Waals surface area contributed by atoms with E-state index >= 15 is 0 Å². The van der Waals surface area contributed by atoms with Crippen molar-refractivity contribution in [1.29, 1.82) is 0 Å². The fourth-order valence-corrected chi connectivity index (χ4v) is 13.0. The zero-order chi connectivity index (χ0) is 45.5. The van der Waals surface area contributed by atoms with Gasteiger partial charge in [0.05, 0.1) is 11.1 Å². The van der Waals surface area contributed by atoms with E-state index in [1.54, 1.807) is 0 Å². The summed E-state index contributed by atoms with van der Waals surface area (Å²) in [7, 11) is 0. The molecule has 0 heterocycles. The molecule has 0 atom stereocenters. The van der Waals surface area contributed by atoms with E-state index in [0.29, 0.717) is 0 Å². The van der Waals surface area contributed by atoms with E-state index in [2.05, 4.69) is 247 Å². The minimum absolute atomic E-state index is 0.143. The molecule has 9 aromatic carbocycles. The van der Waals surface area contributed by atoms with Crippen molar-refractivity contribution in [3.8, 4) is 55.6 Å². The van der Waals surface area contributed by atoms with Crippen LogP contribution in [0.4, 0.5) is 17.1 Å². The van der Waals surface area contributed by atoms with E-state index in [1.165, 1.54) is 113 Å². The quantitative estimate of drug-likeness (QED) is 0.167. The van der Waals surface area contributed by atoms with E-state index in [-0.39, 0.29) is 16.2 Å². The third-order valence-electron chi connectivity index (χ3n) is 16.6. The Hall–Kier alpha value is -7.22. The van der Waals surface area contributed by atoms with Crippen molar-refractivity contribution in [3.63, 3.8) is 0 Å². The summed E-state index contributed by atoms with van der Waals surface area (Å²) in [6, 6.07) is 76.5. The van der Waals surface area contributed by atoms with Gasteiger partial charge in [0.15, 0.2) is 0 Å². The van der Waals surface area contributed by atoms with E-state index in [9.17, 15) is 0 Å². The lowest BCUT2D eigenvalue weighted by Gasteiger charge is -2.42. The molecule has 0 aliphatic heterocycles. The minimum Gasteiger partial charge on any atom is -0.310 e. The van der Waals surface area contributed by atoms with Gasteiger partial charge in [-0.25, -0.2) is 0 Å². The zero-order valence-corrected chi connectivity index (χ0v) is 39.4. The molecule has 0 saturated heterocycles. The lowest BCUT2D eigenvalue weighted by atomic mass is 9.63. The van der Waals surface area contributed by atoms with Crippen molar-refractivity contribution in [2.24, 2.45) is 0 Å². The van der Waals surface area contributed by atoms with Crippen molar-refractivity contribution in [1.82, 2.24) is 0 Å². The van der Waals surface area contributed by atoms with Crippen LogP contribution in [-0.2, 0) is 21.7 Å². The Kier molecular flexibility index (Phi) is 8.46. The number of para-hydroxylation sites is 1. The molecule has 1 nitrogen and oxygen atoms in total. The molecule has 0 N–H and O–H groups in total. The van der Waals surface area contributed by atoms with Gasteiger partial charge >= 0.3 is 0 Å². The van der Waals surface area contributed by atoms with E-state index in [0.717, 1.165) is 17.1 Å². The molecule has 0 fully saturated rings. The number of rotatable bonds is 5. The summed E-state index contributed by atoms with van der Waals surface area (Å²) in [6.45, 7) is 14.4. The third kappa shape index (κ3) is 5.61. The van der Waals surface area contributed by atoms with Crippen LogP contribution in [0.1, 0.15) is 98.9 Å². The third-order valence-corrected chi connectivity index (χ3v) is 16.6. The van der Waals surface area contributed by atoms with Gasteiger partial charge in [0, 0.05) is 22.4 Å². The van der Waals surface area contributed by atoms with Crippen LogP contribution >= 0.6 is 0 Å². The molecule has 0 radical (unpaired) electrons. The van der Waals surface area contributed by atoms with Crippen LogP contribution < -0.4 is 4.90 Å². The Morgan fingerprint density at radius 3 is 1.42 bits per heavy atom. The van der Waals surface area contributed by atoms with Gasteiger partial charge in [-0.3, -0.25) is 0 Å². The summed E-state index contributed by atoms with van der Waals surface area (Å²) in [6.07, 6.45) is 2.41. The van der Waals surface area contributed by atoms with Gasteiger partial charge in [-0.1, -0.05) is 205 Å². The van der Waals surface area contributed by atoms with Gasteiger partial charge in [-0.05, 0) is 155 Å². The molecular weight excluding hydrogens is 807 g/mol. The summed E-state index contributed by atoms with van der Waals surface area (Å²) >= 11 is 0. The normalized spacial score (nSPS) is 16.6. The standard InChI is InChI=1S/C66H55N/c1-63(2)36-37-64(3,4)61-38-44(32-35-58(61)63)42-28-30-43(31-29-42)52-40-53-50-23-13-17-27-57(50)66(55-25-15-11-21-48(55)49-22-12-16-26-56(49)66)60(53)41-62(52)67(45-18-8-7-9-19-45)46-33-34-51-47-20-10-14-24-54(47)65(5,6)59(51)39-46/h7-35,38-41H,36-37H2,1-6H3. The topological polar surface area (TPSA) is 3.24 Å². The number of benzene rings is 9. The highest BCUT2D eigenvalue weighted by atomic mass is 15.1. The second kappa shape index (κ2) is 14.1. The number of nitrogens with zero attached hydrogens (tertiary/aromatic N) is 1. The zero-order valence-electron chi connectivity index (χ0n) is 39.4. The molecule has 13 rings (SSSR count). The Labute approximate surface area is 396 Å². The summed E-state index contributed by atoms with van der Waals surface area (Å²) in [4.78, 5) is 2.54. The molecule has 9 aromatic rings. The molecule has 67 heavy (non-hydrogen) atoms. The maximum Gasteiger partial charge on any atom is 0.0726 e. The molecule has 324 valence electrons. The van der Waals surface area contributed by atoms with Gasteiger partial charge in [-0.2, -0.15) is 0 Å². The highest BCUT2D eigenvalue weighted by Crippen LogP contribution is 2.64. The average molecular weight is 862 g/mol. The molecule has 4 aliphatic rings. The van der Waals surface area contributed by atoms with Crippen molar-refractivity contribution in [2.45, 2.75) is 76.0 Å². The largest absolute Gasteiger partial charge is 0.310 e. The fourth-order valence-electron chi connectivity index (χ4n) is 13.0. The predicted octanol–water partition coefficient (Wildman–Crippen LogP) is 17.5. The van der Waals surface area contributed by atoms with Gasteiger partial charge in [0.25, 0.3) is 0 Å². The highest BCUT2D eigenvalue weighted by Gasteiger charge is 2.52. The van der Waals surface area contributed by atoms with Gasteiger partial charge < -0.3 is 4.90 Å². The van der Waals surface area contributed by atoms with Crippen molar-refractivity contribution in [3.05, 3.63) is 245 Å². The Balaban J connectivity index is 1.07.